The van der Waals surface area contributed by atoms with Crippen molar-refractivity contribution in [1.82, 2.24) is 10.2 Å². The van der Waals surface area contributed by atoms with Crippen LogP contribution in [0.3, 0.4) is 0 Å². The predicted octanol–water partition coefficient (Wildman–Crippen LogP) is 2.74. The molecule has 0 radical (unpaired) electrons. The Hall–Kier alpha value is -0.0800. The highest BCUT2D eigenvalue weighted by atomic mass is 15.2. The second-order valence-electron chi connectivity index (χ2n) is 6.30. The second-order valence-corrected chi connectivity index (χ2v) is 6.30. The number of nitrogens with one attached hydrogen (secondary N) is 1. The maximum atomic E-state index is 3.64. The first-order valence-corrected chi connectivity index (χ1v) is 6.93. The van der Waals surface area contributed by atoms with Crippen LogP contribution in [0, 0.1) is 11.3 Å². The summed E-state index contributed by atoms with van der Waals surface area (Å²) in [7, 11) is 0. The maximum absolute atomic E-state index is 3.64. The van der Waals surface area contributed by atoms with E-state index in [1.54, 1.807) is 0 Å². The number of likely N-dealkylation sites (tertiary alicyclic amines) is 1. The van der Waals surface area contributed by atoms with Crippen LogP contribution in [0.25, 0.3) is 0 Å². The van der Waals surface area contributed by atoms with E-state index in [-0.39, 0.29) is 0 Å². The van der Waals surface area contributed by atoms with Crippen molar-refractivity contribution in [1.29, 1.82) is 0 Å². The average Bonchev–Trinajstić information content (AvgIpc) is 2.63. The molecule has 0 amide bonds. The van der Waals surface area contributed by atoms with Crippen molar-refractivity contribution in [3.05, 3.63) is 0 Å². The van der Waals surface area contributed by atoms with Crippen molar-refractivity contribution in [2.75, 3.05) is 26.2 Å². The Labute approximate surface area is 102 Å². The Morgan fingerprint density at radius 1 is 1.31 bits per heavy atom. The van der Waals surface area contributed by atoms with E-state index in [9.17, 15) is 0 Å². The van der Waals surface area contributed by atoms with Crippen molar-refractivity contribution in [3.8, 4) is 0 Å². The lowest BCUT2D eigenvalue weighted by atomic mass is 9.86. The molecule has 16 heavy (non-hydrogen) atoms. The first kappa shape index (κ1) is 14.0. The molecule has 1 fully saturated rings. The number of rotatable bonds is 5. The summed E-state index contributed by atoms with van der Waals surface area (Å²) < 4.78 is 0. The molecule has 0 aromatic carbocycles. The lowest BCUT2D eigenvalue weighted by molar-refractivity contribution is 0.192. The van der Waals surface area contributed by atoms with Crippen LogP contribution in [0.4, 0.5) is 0 Å². The fourth-order valence-electron chi connectivity index (χ4n) is 2.56. The molecule has 2 atom stereocenters. The van der Waals surface area contributed by atoms with Gasteiger partial charge in [-0.1, -0.05) is 41.0 Å². The SMILES string of the molecule is CCNC(CN1CCC(CC)C1)C(C)(C)C. The highest BCUT2D eigenvalue weighted by Gasteiger charge is 2.29. The minimum atomic E-state index is 0.361. The Bertz CT molecular complexity index is 195. The molecule has 1 rings (SSSR count). The molecule has 2 unspecified atom stereocenters. The fraction of sp³-hybridized carbons (Fsp3) is 1.00. The summed E-state index contributed by atoms with van der Waals surface area (Å²) >= 11 is 0. The third-order valence-corrected chi connectivity index (χ3v) is 3.88. The quantitative estimate of drug-likeness (QED) is 0.775. The van der Waals surface area contributed by atoms with Gasteiger partial charge in [0.1, 0.15) is 0 Å². The predicted molar refractivity (Wildman–Crippen MR) is 71.8 cm³/mol. The Morgan fingerprint density at radius 2 is 2.00 bits per heavy atom. The molecule has 0 bridgehead atoms. The molecule has 0 aromatic heterocycles. The molecular formula is C14H30N2. The topological polar surface area (TPSA) is 15.3 Å². The zero-order valence-corrected chi connectivity index (χ0v) is 11.8. The molecular weight excluding hydrogens is 196 g/mol. The van der Waals surface area contributed by atoms with E-state index < -0.39 is 0 Å². The monoisotopic (exact) mass is 226 g/mol. The molecule has 0 aromatic rings. The first-order chi connectivity index (χ1) is 7.47. The van der Waals surface area contributed by atoms with E-state index in [0.29, 0.717) is 11.5 Å². The molecule has 2 heteroatoms. The number of hydrogen-bond donors (Lipinski definition) is 1. The molecule has 0 saturated carbocycles. The zero-order valence-electron chi connectivity index (χ0n) is 11.8. The van der Waals surface area contributed by atoms with Gasteiger partial charge in [0, 0.05) is 19.1 Å². The van der Waals surface area contributed by atoms with Gasteiger partial charge in [-0.3, -0.25) is 0 Å². The average molecular weight is 226 g/mol. The van der Waals surface area contributed by atoms with Crippen molar-refractivity contribution in [2.45, 2.75) is 53.5 Å². The van der Waals surface area contributed by atoms with Crippen LogP contribution >= 0.6 is 0 Å². The molecule has 1 heterocycles. The summed E-state index contributed by atoms with van der Waals surface area (Å²) in [6, 6.07) is 0.619. The van der Waals surface area contributed by atoms with Crippen molar-refractivity contribution in [2.24, 2.45) is 11.3 Å². The highest BCUT2D eigenvalue weighted by Crippen LogP contribution is 2.24. The Kier molecular flexibility index (Phi) is 5.26. The normalized spacial score (nSPS) is 24.9. The van der Waals surface area contributed by atoms with Crippen molar-refractivity contribution < 1.29 is 0 Å². The third-order valence-electron chi connectivity index (χ3n) is 3.88. The number of nitrogens with zero attached hydrogens (tertiary/aromatic N) is 1. The van der Waals surface area contributed by atoms with Gasteiger partial charge in [0.25, 0.3) is 0 Å². The molecule has 1 N–H and O–H groups in total. The van der Waals surface area contributed by atoms with Gasteiger partial charge in [0.15, 0.2) is 0 Å². The fourth-order valence-corrected chi connectivity index (χ4v) is 2.56. The van der Waals surface area contributed by atoms with E-state index in [0.717, 1.165) is 12.5 Å². The summed E-state index contributed by atoms with van der Waals surface area (Å²) in [5.74, 6) is 0.947. The molecule has 1 aliphatic rings. The van der Waals surface area contributed by atoms with Gasteiger partial charge >= 0.3 is 0 Å². The van der Waals surface area contributed by atoms with Gasteiger partial charge in [-0.25, -0.2) is 0 Å². The number of likely N-dealkylation sites (N-methyl/N-ethyl adjacent to an activating group) is 1. The van der Waals surface area contributed by atoms with Gasteiger partial charge in [-0.15, -0.1) is 0 Å². The van der Waals surface area contributed by atoms with Crippen LogP contribution in [0.5, 0.6) is 0 Å². The minimum Gasteiger partial charge on any atom is -0.312 e. The lowest BCUT2D eigenvalue weighted by Crippen LogP contribution is -2.48. The largest absolute Gasteiger partial charge is 0.312 e. The molecule has 2 nitrogen and oxygen atoms in total. The summed E-state index contributed by atoms with van der Waals surface area (Å²) in [4.78, 5) is 2.65. The van der Waals surface area contributed by atoms with Gasteiger partial charge in [0.05, 0.1) is 0 Å². The zero-order chi connectivity index (χ0) is 12.2. The molecule has 96 valence electrons. The minimum absolute atomic E-state index is 0.361. The van der Waals surface area contributed by atoms with Gasteiger partial charge in [-0.05, 0) is 30.8 Å². The lowest BCUT2D eigenvalue weighted by Gasteiger charge is -2.34. The van der Waals surface area contributed by atoms with Gasteiger partial charge in [0.2, 0.25) is 0 Å². The van der Waals surface area contributed by atoms with Crippen LogP contribution in [0.2, 0.25) is 0 Å². The Morgan fingerprint density at radius 3 is 2.44 bits per heavy atom. The summed E-state index contributed by atoms with van der Waals surface area (Å²) in [5, 5.41) is 3.64. The van der Waals surface area contributed by atoms with Crippen molar-refractivity contribution in [3.63, 3.8) is 0 Å². The van der Waals surface area contributed by atoms with Crippen molar-refractivity contribution >= 4 is 0 Å². The molecule has 0 aliphatic carbocycles. The summed E-state index contributed by atoms with van der Waals surface area (Å²) in [6.07, 6.45) is 2.75. The first-order valence-electron chi connectivity index (χ1n) is 6.93. The van der Waals surface area contributed by atoms with Gasteiger partial charge < -0.3 is 10.2 Å². The van der Waals surface area contributed by atoms with E-state index in [1.165, 1.54) is 32.5 Å². The van der Waals surface area contributed by atoms with E-state index in [1.807, 2.05) is 0 Å². The van der Waals surface area contributed by atoms with Crippen LogP contribution in [0.1, 0.15) is 47.5 Å². The molecule has 0 spiro atoms. The molecule has 1 saturated heterocycles. The second kappa shape index (κ2) is 6.02. The van der Waals surface area contributed by atoms with Crippen LogP contribution in [-0.2, 0) is 0 Å². The highest BCUT2D eigenvalue weighted by molar-refractivity contribution is 4.86. The van der Waals surface area contributed by atoms with E-state index in [4.69, 9.17) is 0 Å². The van der Waals surface area contributed by atoms with Crippen LogP contribution in [0.15, 0.2) is 0 Å². The van der Waals surface area contributed by atoms with Crippen LogP contribution < -0.4 is 5.32 Å². The number of hydrogen-bond acceptors (Lipinski definition) is 2. The maximum Gasteiger partial charge on any atom is 0.0243 e. The molecule has 1 aliphatic heterocycles. The standard InChI is InChI=1S/C14H30N2/c1-6-12-8-9-16(10-12)11-13(15-7-2)14(3,4)5/h12-13,15H,6-11H2,1-5H3. The van der Waals surface area contributed by atoms with E-state index in [2.05, 4.69) is 44.8 Å². The summed E-state index contributed by atoms with van der Waals surface area (Å²) in [6.45, 7) is 16.5. The van der Waals surface area contributed by atoms with Gasteiger partial charge in [-0.2, -0.15) is 0 Å². The Balaban J connectivity index is 2.43. The summed E-state index contributed by atoms with van der Waals surface area (Å²) in [5.41, 5.74) is 0.361. The third kappa shape index (κ3) is 4.06. The smallest absolute Gasteiger partial charge is 0.0243 e. The van der Waals surface area contributed by atoms with Crippen LogP contribution in [-0.4, -0.2) is 37.1 Å². The van der Waals surface area contributed by atoms with E-state index >= 15 is 0 Å².